The molecular weight excluding hydrogens is 198 g/mol. The number of nitrogens with zero attached hydrogens (tertiary/aromatic N) is 1. The second-order valence-corrected chi connectivity index (χ2v) is 4.35. The summed E-state index contributed by atoms with van der Waals surface area (Å²) >= 11 is 0. The number of anilines is 1. The summed E-state index contributed by atoms with van der Waals surface area (Å²) in [5.41, 5.74) is 2.10. The van der Waals surface area contributed by atoms with E-state index in [-0.39, 0.29) is 6.61 Å². The fourth-order valence-electron chi connectivity index (χ4n) is 1.80. The van der Waals surface area contributed by atoms with E-state index in [9.17, 15) is 0 Å². The summed E-state index contributed by atoms with van der Waals surface area (Å²) in [6.07, 6.45) is 8.05. The Balaban J connectivity index is 2.07. The molecule has 1 saturated carbocycles. The lowest BCUT2D eigenvalue weighted by molar-refractivity contribution is 0.282. The van der Waals surface area contributed by atoms with Gasteiger partial charge < -0.3 is 10.0 Å². The minimum absolute atomic E-state index is 0.0953. The average molecular weight is 215 g/mol. The molecule has 0 atom stereocenters. The number of rotatable bonds is 5. The molecule has 0 bridgehead atoms. The van der Waals surface area contributed by atoms with Gasteiger partial charge in [0.15, 0.2) is 0 Å². The quantitative estimate of drug-likeness (QED) is 0.760. The van der Waals surface area contributed by atoms with Gasteiger partial charge in [-0.25, -0.2) is 0 Å². The maximum atomic E-state index is 8.98. The van der Waals surface area contributed by atoms with Gasteiger partial charge >= 0.3 is 0 Å². The van der Waals surface area contributed by atoms with Crippen LogP contribution in [0.25, 0.3) is 0 Å². The molecule has 1 aromatic carbocycles. The zero-order valence-electron chi connectivity index (χ0n) is 9.39. The SMILES string of the molecule is C#CCN(CC1CC1)c1ccc(CO)cc1. The van der Waals surface area contributed by atoms with Gasteiger partial charge in [-0.2, -0.15) is 0 Å². The van der Waals surface area contributed by atoms with Crippen molar-refractivity contribution >= 4 is 5.69 Å². The van der Waals surface area contributed by atoms with Crippen molar-refractivity contribution in [3.63, 3.8) is 0 Å². The van der Waals surface area contributed by atoms with E-state index in [4.69, 9.17) is 11.5 Å². The molecule has 1 fully saturated rings. The molecule has 1 aliphatic carbocycles. The molecule has 0 heterocycles. The Morgan fingerprint density at radius 2 is 2.00 bits per heavy atom. The maximum Gasteiger partial charge on any atom is 0.0791 e. The van der Waals surface area contributed by atoms with Crippen molar-refractivity contribution in [2.45, 2.75) is 19.4 Å². The molecule has 0 saturated heterocycles. The van der Waals surface area contributed by atoms with E-state index in [1.807, 2.05) is 24.3 Å². The molecule has 0 unspecified atom stereocenters. The van der Waals surface area contributed by atoms with Gasteiger partial charge in [0.05, 0.1) is 13.2 Å². The summed E-state index contributed by atoms with van der Waals surface area (Å²) in [7, 11) is 0. The van der Waals surface area contributed by atoms with E-state index in [1.54, 1.807) is 0 Å². The fraction of sp³-hybridized carbons (Fsp3) is 0.429. The molecule has 1 N–H and O–H groups in total. The first-order valence-electron chi connectivity index (χ1n) is 5.71. The fourth-order valence-corrected chi connectivity index (χ4v) is 1.80. The predicted molar refractivity (Wildman–Crippen MR) is 66.1 cm³/mol. The zero-order chi connectivity index (χ0) is 11.4. The second-order valence-electron chi connectivity index (χ2n) is 4.35. The van der Waals surface area contributed by atoms with E-state index in [0.717, 1.165) is 23.7 Å². The predicted octanol–water partition coefficient (Wildman–Crippen LogP) is 2.03. The first-order valence-corrected chi connectivity index (χ1v) is 5.71. The highest BCUT2D eigenvalue weighted by molar-refractivity contribution is 5.48. The third-order valence-electron chi connectivity index (χ3n) is 2.94. The van der Waals surface area contributed by atoms with Crippen LogP contribution in [0.2, 0.25) is 0 Å². The minimum Gasteiger partial charge on any atom is -0.392 e. The molecule has 0 aromatic heterocycles. The second kappa shape index (κ2) is 5.05. The molecule has 1 aliphatic rings. The molecule has 0 aliphatic heterocycles. The summed E-state index contributed by atoms with van der Waals surface area (Å²) in [6, 6.07) is 7.97. The van der Waals surface area contributed by atoms with Gasteiger partial charge in [0, 0.05) is 12.2 Å². The highest BCUT2D eigenvalue weighted by atomic mass is 16.3. The first kappa shape index (κ1) is 11.0. The van der Waals surface area contributed by atoms with Crippen LogP contribution < -0.4 is 4.90 Å². The topological polar surface area (TPSA) is 23.5 Å². The third kappa shape index (κ3) is 2.77. The minimum atomic E-state index is 0.0953. The first-order chi connectivity index (χ1) is 7.83. The zero-order valence-corrected chi connectivity index (χ0v) is 9.39. The van der Waals surface area contributed by atoms with Crippen LogP contribution in [0.1, 0.15) is 18.4 Å². The van der Waals surface area contributed by atoms with Gasteiger partial charge in [0.25, 0.3) is 0 Å². The maximum absolute atomic E-state index is 8.98. The molecule has 2 nitrogen and oxygen atoms in total. The normalized spacial score (nSPS) is 14.5. The van der Waals surface area contributed by atoms with Gasteiger partial charge in [-0.05, 0) is 36.5 Å². The number of aliphatic hydroxyl groups is 1. The van der Waals surface area contributed by atoms with E-state index >= 15 is 0 Å². The molecule has 0 amide bonds. The summed E-state index contributed by atoms with van der Waals surface area (Å²) in [5.74, 6) is 3.53. The van der Waals surface area contributed by atoms with E-state index in [1.165, 1.54) is 12.8 Å². The van der Waals surface area contributed by atoms with Gasteiger partial charge in [0.2, 0.25) is 0 Å². The number of hydrogen-bond acceptors (Lipinski definition) is 2. The van der Waals surface area contributed by atoms with Crippen LogP contribution >= 0.6 is 0 Å². The lowest BCUT2D eigenvalue weighted by Crippen LogP contribution is -2.25. The smallest absolute Gasteiger partial charge is 0.0791 e. The molecule has 0 spiro atoms. The Labute approximate surface area is 96.9 Å². The number of terminal acetylenes is 1. The van der Waals surface area contributed by atoms with Crippen molar-refractivity contribution in [1.82, 2.24) is 0 Å². The monoisotopic (exact) mass is 215 g/mol. The molecule has 16 heavy (non-hydrogen) atoms. The Hall–Kier alpha value is -1.46. The van der Waals surface area contributed by atoms with E-state index in [0.29, 0.717) is 6.54 Å². The van der Waals surface area contributed by atoms with Crippen LogP contribution in [-0.4, -0.2) is 18.2 Å². The van der Waals surface area contributed by atoms with Crippen LogP contribution in [0, 0.1) is 18.3 Å². The molecule has 1 aromatic rings. The number of benzene rings is 1. The van der Waals surface area contributed by atoms with Crippen molar-refractivity contribution < 1.29 is 5.11 Å². The largest absolute Gasteiger partial charge is 0.392 e. The summed E-state index contributed by atoms with van der Waals surface area (Å²) in [5, 5.41) is 8.98. The van der Waals surface area contributed by atoms with Gasteiger partial charge in [-0.1, -0.05) is 18.1 Å². The average Bonchev–Trinajstić information content (AvgIpc) is 3.13. The van der Waals surface area contributed by atoms with Crippen molar-refractivity contribution in [2.24, 2.45) is 5.92 Å². The Kier molecular flexibility index (Phi) is 3.48. The van der Waals surface area contributed by atoms with Crippen LogP contribution in [0.5, 0.6) is 0 Å². The Bertz CT molecular complexity index is 373. The van der Waals surface area contributed by atoms with Gasteiger partial charge in [-0.15, -0.1) is 6.42 Å². The third-order valence-corrected chi connectivity index (χ3v) is 2.94. The summed E-state index contributed by atoms with van der Waals surface area (Å²) < 4.78 is 0. The van der Waals surface area contributed by atoms with Crippen molar-refractivity contribution in [3.8, 4) is 12.3 Å². The van der Waals surface area contributed by atoms with Crippen molar-refractivity contribution in [1.29, 1.82) is 0 Å². The van der Waals surface area contributed by atoms with Crippen LogP contribution in [0.3, 0.4) is 0 Å². The Morgan fingerprint density at radius 3 is 2.50 bits per heavy atom. The number of hydrogen-bond donors (Lipinski definition) is 1. The highest BCUT2D eigenvalue weighted by Crippen LogP contribution is 2.31. The van der Waals surface area contributed by atoms with Crippen molar-refractivity contribution in [3.05, 3.63) is 29.8 Å². The molecular formula is C14H17NO. The standard InChI is InChI=1S/C14H17NO/c1-2-9-15(10-12-3-4-12)14-7-5-13(11-16)6-8-14/h1,5-8,12,16H,3-4,9-11H2. The lowest BCUT2D eigenvalue weighted by atomic mass is 10.2. The van der Waals surface area contributed by atoms with Crippen LogP contribution in [0.4, 0.5) is 5.69 Å². The van der Waals surface area contributed by atoms with Crippen molar-refractivity contribution in [2.75, 3.05) is 18.0 Å². The van der Waals surface area contributed by atoms with E-state index in [2.05, 4.69) is 10.8 Å². The Morgan fingerprint density at radius 1 is 1.31 bits per heavy atom. The van der Waals surface area contributed by atoms with Gasteiger partial charge in [0.1, 0.15) is 0 Å². The van der Waals surface area contributed by atoms with Gasteiger partial charge in [-0.3, -0.25) is 0 Å². The molecule has 84 valence electrons. The summed E-state index contributed by atoms with van der Waals surface area (Å²) in [6.45, 7) is 1.82. The highest BCUT2D eigenvalue weighted by Gasteiger charge is 2.24. The van der Waals surface area contributed by atoms with Crippen LogP contribution in [-0.2, 0) is 6.61 Å². The molecule has 2 heteroatoms. The molecule has 2 rings (SSSR count). The summed E-state index contributed by atoms with van der Waals surface area (Å²) in [4.78, 5) is 2.23. The van der Waals surface area contributed by atoms with Crippen LogP contribution in [0.15, 0.2) is 24.3 Å². The number of aliphatic hydroxyl groups excluding tert-OH is 1. The molecule has 0 radical (unpaired) electrons. The lowest BCUT2D eigenvalue weighted by Gasteiger charge is -2.22. The van der Waals surface area contributed by atoms with E-state index < -0.39 is 0 Å².